The summed E-state index contributed by atoms with van der Waals surface area (Å²) < 4.78 is 0. The summed E-state index contributed by atoms with van der Waals surface area (Å²) in [6.07, 6.45) is 7.02. The first-order chi connectivity index (χ1) is 12.9. The van der Waals surface area contributed by atoms with Crippen LogP contribution in [0.5, 0.6) is 0 Å². The maximum absolute atomic E-state index is 12.6. The van der Waals surface area contributed by atoms with Gasteiger partial charge in [0.2, 0.25) is 0 Å². The molecule has 0 saturated heterocycles. The van der Waals surface area contributed by atoms with Crippen molar-refractivity contribution in [2.45, 2.75) is 52.0 Å². The molecular formula is C21H24ClN3O2. The van der Waals surface area contributed by atoms with Crippen LogP contribution in [0.15, 0.2) is 30.5 Å². The van der Waals surface area contributed by atoms with E-state index in [9.17, 15) is 9.59 Å². The predicted octanol–water partition coefficient (Wildman–Crippen LogP) is 4.67. The Morgan fingerprint density at radius 3 is 2.52 bits per heavy atom. The maximum Gasteiger partial charge on any atom is 0.274 e. The number of aryl methyl sites for hydroxylation is 2. The van der Waals surface area contributed by atoms with Crippen LogP contribution < -0.4 is 10.6 Å². The highest BCUT2D eigenvalue weighted by molar-refractivity contribution is 6.34. The number of carbonyl (C=O) groups is 2. The lowest BCUT2D eigenvalue weighted by molar-refractivity contribution is 0.0927. The van der Waals surface area contributed by atoms with Crippen molar-refractivity contribution in [2.75, 3.05) is 5.32 Å². The van der Waals surface area contributed by atoms with E-state index in [1.54, 1.807) is 12.1 Å². The Hall–Kier alpha value is -2.40. The number of benzene rings is 1. The molecule has 3 rings (SSSR count). The number of aromatic nitrogens is 1. The molecule has 1 fully saturated rings. The van der Waals surface area contributed by atoms with Gasteiger partial charge in [0.15, 0.2) is 0 Å². The number of nitrogens with zero attached hydrogens (tertiary/aromatic N) is 1. The number of nitrogens with one attached hydrogen (secondary N) is 2. The smallest absolute Gasteiger partial charge is 0.274 e. The van der Waals surface area contributed by atoms with Gasteiger partial charge in [-0.3, -0.25) is 14.6 Å². The molecule has 0 aliphatic heterocycles. The lowest BCUT2D eigenvalue weighted by Gasteiger charge is -2.22. The fourth-order valence-electron chi connectivity index (χ4n) is 3.46. The van der Waals surface area contributed by atoms with Gasteiger partial charge in [0.1, 0.15) is 5.69 Å². The third-order valence-electron chi connectivity index (χ3n) is 4.87. The summed E-state index contributed by atoms with van der Waals surface area (Å²) in [7, 11) is 0. The van der Waals surface area contributed by atoms with Crippen molar-refractivity contribution in [3.8, 4) is 0 Å². The molecule has 0 unspecified atom stereocenters. The van der Waals surface area contributed by atoms with Crippen molar-refractivity contribution in [2.24, 2.45) is 0 Å². The highest BCUT2D eigenvalue weighted by atomic mass is 35.5. The first-order valence-electron chi connectivity index (χ1n) is 9.29. The molecule has 1 aromatic heterocycles. The largest absolute Gasteiger partial charge is 0.349 e. The number of rotatable bonds is 4. The average molecular weight is 386 g/mol. The Labute approximate surface area is 164 Å². The van der Waals surface area contributed by atoms with Crippen molar-refractivity contribution >= 4 is 29.1 Å². The van der Waals surface area contributed by atoms with Gasteiger partial charge in [-0.2, -0.15) is 0 Å². The van der Waals surface area contributed by atoms with E-state index in [1.807, 2.05) is 19.9 Å². The minimum absolute atomic E-state index is 0.164. The van der Waals surface area contributed by atoms with E-state index < -0.39 is 5.91 Å². The second-order valence-electron chi connectivity index (χ2n) is 7.13. The van der Waals surface area contributed by atoms with Crippen LogP contribution in [0.25, 0.3) is 0 Å². The molecule has 0 atom stereocenters. The normalized spacial score (nSPS) is 14.6. The van der Waals surface area contributed by atoms with Crippen molar-refractivity contribution in [3.05, 3.63) is 57.9 Å². The van der Waals surface area contributed by atoms with Crippen LogP contribution in [0.4, 0.5) is 5.69 Å². The topological polar surface area (TPSA) is 71.1 Å². The van der Waals surface area contributed by atoms with E-state index in [1.165, 1.54) is 18.7 Å². The molecule has 5 nitrogen and oxygen atoms in total. The van der Waals surface area contributed by atoms with Gasteiger partial charge in [0, 0.05) is 17.8 Å². The summed E-state index contributed by atoms with van der Waals surface area (Å²) in [6, 6.07) is 7.10. The Morgan fingerprint density at radius 1 is 1.07 bits per heavy atom. The second kappa shape index (κ2) is 8.53. The fourth-order valence-corrected chi connectivity index (χ4v) is 3.83. The van der Waals surface area contributed by atoms with Gasteiger partial charge < -0.3 is 10.6 Å². The molecule has 1 aliphatic carbocycles. The van der Waals surface area contributed by atoms with E-state index in [0.717, 1.165) is 36.8 Å². The summed E-state index contributed by atoms with van der Waals surface area (Å²) in [5.41, 5.74) is 3.08. The zero-order chi connectivity index (χ0) is 19.4. The highest BCUT2D eigenvalue weighted by Crippen LogP contribution is 2.27. The van der Waals surface area contributed by atoms with Crippen LogP contribution in [-0.4, -0.2) is 22.8 Å². The Bertz CT molecular complexity index is 837. The van der Waals surface area contributed by atoms with Crippen molar-refractivity contribution in [1.29, 1.82) is 0 Å². The van der Waals surface area contributed by atoms with Crippen LogP contribution >= 0.6 is 11.6 Å². The van der Waals surface area contributed by atoms with E-state index in [4.69, 9.17) is 11.6 Å². The molecule has 0 spiro atoms. The quantitative estimate of drug-likeness (QED) is 0.803. The number of hydrogen-bond acceptors (Lipinski definition) is 3. The van der Waals surface area contributed by atoms with Gasteiger partial charge in [-0.1, -0.05) is 36.9 Å². The Kier molecular flexibility index (Phi) is 6.11. The summed E-state index contributed by atoms with van der Waals surface area (Å²) >= 11 is 6.26. The number of pyridine rings is 1. The molecule has 1 aromatic carbocycles. The molecular weight excluding hydrogens is 362 g/mol. The van der Waals surface area contributed by atoms with Gasteiger partial charge in [0.05, 0.1) is 10.7 Å². The molecule has 27 heavy (non-hydrogen) atoms. The first-order valence-corrected chi connectivity index (χ1v) is 9.67. The van der Waals surface area contributed by atoms with Crippen LogP contribution in [0.2, 0.25) is 5.02 Å². The lowest BCUT2D eigenvalue weighted by atomic mass is 9.95. The molecule has 1 aliphatic rings. The Balaban J connectivity index is 1.73. The fraction of sp³-hybridized carbons (Fsp3) is 0.381. The molecule has 1 heterocycles. The molecule has 2 aromatic rings. The standard InChI is InChI=1S/C21H24ClN3O2/c1-13-10-14(2)19(17(22)11-13)25-21(27)18-12-15(8-9-23-18)20(26)24-16-6-4-3-5-7-16/h8-12,16H,3-7H2,1-2H3,(H,24,26)(H,25,27). The third kappa shape index (κ3) is 4.86. The molecule has 0 radical (unpaired) electrons. The zero-order valence-corrected chi connectivity index (χ0v) is 16.4. The van der Waals surface area contributed by atoms with E-state index in [2.05, 4.69) is 15.6 Å². The predicted molar refractivity (Wildman–Crippen MR) is 107 cm³/mol. The first kappa shape index (κ1) is 19.4. The lowest BCUT2D eigenvalue weighted by Crippen LogP contribution is -2.36. The van der Waals surface area contributed by atoms with E-state index in [-0.39, 0.29) is 17.6 Å². The van der Waals surface area contributed by atoms with Gasteiger partial charge >= 0.3 is 0 Å². The van der Waals surface area contributed by atoms with Gasteiger partial charge in [-0.25, -0.2) is 0 Å². The molecule has 2 N–H and O–H groups in total. The molecule has 6 heteroatoms. The average Bonchev–Trinajstić information content (AvgIpc) is 2.65. The van der Waals surface area contributed by atoms with Crippen LogP contribution in [0.3, 0.4) is 0 Å². The SMILES string of the molecule is Cc1cc(C)c(NC(=O)c2cc(C(=O)NC3CCCCC3)ccn2)c(Cl)c1. The van der Waals surface area contributed by atoms with Gasteiger partial charge in [0.25, 0.3) is 11.8 Å². The summed E-state index contributed by atoms with van der Waals surface area (Å²) in [5.74, 6) is -0.556. The molecule has 2 amide bonds. The summed E-state index contributed by atoms with van der Waals surface area (Å²) in [6.45, 7) is 3.83. The highest BCUT2D eigenvalue weighted by Gasteiger charge is 2.18. The second-order valence-corrected chi connectivity index (χ2v) is 7.54. The number of halogens is 1. The third-order valence-corrected chi connectivity index (χ3v) is 5.16. The number of anilines is 1. The van der Waals surface area contributed by atoms with Crippen LogP contribution in [0, 0.1) is 13.8 Å². The number of carbonyl (C=O) groups excluding carboxylic acids is 2. The minimum Gasteiger partial charge on any atom is -0.349 e. The van der Waals surface area contributed by atoms with Crippen molar-refractivity contribution in [3.63, 3.8) is 0 Å². The summed E-state index contributed by atoms with van der Waals surface area (Å²) in [5, 5.41) is 6.34. The maximum atomic E-state index is 12.6. The minimum atomic E-state index is -0.392. The van der Waals surface area contributed by atoms with Crippen LogP contribution in [-0.2, 0) is 0 Å². The van der Waals surface area contributed by atoms with Crippen molar-refractivity contribution in [1.82, 2.24) is 10.3 Å². The Morgan fingerprint density at radius 2 is 1.81 bits per heavy atom. The monoisotopic (exact) mass is 385 g/mol. The van der Waals surface area contributed by atoms with Crippen molar-refractivity contribution < 1.29 is 9.59 Å². The zero-order valence-electron chi connectivity index (χ0n) is 15.6. The van der Waals surface area contributed by atoms with Gasteiger partial charge in [-0.15, -0.1) is 0 Å². The summed E-state index contributed by atoms with van der Waals surface area (Å²) in [4.78, 5) is 29.2. The number of hydrogen-bond donors (Lipinski definition) is 2. The van der Waals surface area contributed by atoms with E-state index >= 15 is 0 Å². The molecule has 1 saturated carbocycles. The molecule has 0 bridgehead atoms. The van der Waals surface area contributed by atoms with Crippen LogP contribution in [0.1, 0.15) is 64.1 Å². The number of amides is 2. The van der Waals surface area contributed by atoms with Gasteiger partial charge in [-0.05, 0) is 56.0 Å². The van der Waals surface area contributed by atoms with E-state index in [0.29, 0.717) is 16.3 Å². The molecule has 142 valence electrons.